The maximum Gasteiger partial charge on any atom is 0.102 e. The monoisotopic (exact) mass is 330 g/mol. The number of hydrogen-bond acceptors (Lipinski definition) is 3. The molecule has 0 spiro atoms. The SMILES string of the molecule is CC(CCl)CSc1ccnc2cc(Br)cnc12. The van der Waals surface area contributed by atoms with E-state index >= 15 is 0 Å². The minimum Gasteiger partial charge on any atom is -0.254 e. The number of pyridine rings is 2. The number of nitrogens with zero attached hydrogens (tertiary/aromatic N) is 2. The minimum atomic E-state index is 0.500. The number of halogens is 2. The summed E-state index contributed by atoms with van der Waals surface area (Å²) in [4.78, 5) is 9.91. The van der Waals surface area contributed by atoms with Crippen LogP contribution in [-0.2, 0) is 0 Å². The Hall–Kier alpha value is -0.320. The molecular formula is C12H12BrClN2S. The van der Waals surface area contributed by atoms with Gasteiger partial charge in [0.1, 0.15) is 5.52 Å². The number of alkyl halides is 1. The van der Waals surface area contributed by atoms with Gasteiger partial charge in [0.05, 0.1) is 5.52 Å². The first kappa shape index (κ1) is 13.1. The van der Waals surface area contributed by atoms with Crippen molar-refractivity contribution in [1.29, 1.82) is 0 Å². The topological polar surface area (TPSA) is 25.8 Å². The second kappa shape index (κ2) is 6.03. The molecule has 17 heavy (non-hydrogen) atoms. The summed E-state index contributed by atoms with van der Waals surface area (Å²) in [7, 11) is 0. The lowest BCUT2D eigenvalue weighted by Gasteiger charge is -2.08. The lowest BCUT2D eigenvalue weighted by atomic mass is 10.3. The van der Waals surface area contributed by atoms with Crippen LogP contribution in [0, 0.1) is 5.92 Å². The lowest BCUT2D eigenvalue weighted by Crippen LogP contribution is -1.99. The quantitative estimate of drug-likeness (QED) is 0.615. The Bertz CT molecular complexity index is 521. The largest absolute Gasteiger partial charge is 0.254 e. The molecule has 0 aromatic carbocycles. The number of fused-ring (bicyclic) bond motifs is 1. The molecule has 2 aromatic rings. The van der Waals surface area contributed by atoms with E-state index in [4.69, 9.17) is 11.6 Å². The molecule has 0 saturated carbocycles. The molecule has 5 heteroatoms. The van der Waals surface area contributed by atoms with Crippen LogP contribution in [0.15, 0.2) is 33.9 Å². The average molecular weight is 332 g/mol. The third-order valence-electron chi connectivity index (χ3n) is 2.29. The highest BCUT2D eigenvalue weighted by Crippen LogP contribution is 2.28. The van der Waals surface area contributed by atoms with E-state index in [2.05, 4.69) is 32.8 Å². The molecule has 0 N–H and O–H groups in total. The van der Waals surface area contributed by atoms with Crippen molar-refractivity contribution in [2.75, 3.05) is 11.6 Å². The smallest absolute Gasteiger partial charge is 0.102 e. The zero-order chi connectivity index (χ0) is 12.3. The van der Waals surface area contributed by atoms with Gasteiger partial charge in [0.15, 0.2) is 0 Å². The molecule has 2 aromatic heterocycles. The maximum atomic E-state index is 5.81. The molecule has 0 saturated heterocycles. The number of hydrogen-bond donors (Lipinski definition) is 0. The summed E-state index contributed by atoms with van der Waals surface area (Å²) in [6.45, 7) is 2.15. The van der Waals surface area contributed by atoms with Gasteiger partial charge in [-0.15, -0.1) is 23.4 Å². The van der Waals surface area contributed by atoms with Gasteiger partial charge in [-0.05, 0) is 34.0 Å². The molecule has 2 rings (SSSR count). The van der Waals surface area contributed by atoms with E-state index in [0.717, 1.165) is 21.3 Å². The van der Waals surface area contributed by atoms with Crippen molar-refractivity contribution in [3.63, 3.8) is 0 Å². The molecule has 0 amide bonds. The molecule has 0 bridgehead atoms. The second-order valence-corrected chi connectivity index (χ2v) is 6.19. The maximum absolute atomic E-state index is 5.81. The zero-order valence-electron chi connectivity index (χ0n) is 9.36. The van der Waals surface area contributed by atoms with E-state index < -0.39 is 0 Å². The first-order valence-electron chi connectivity index (χ1n) is 5.29. The second-order valence-electron chi connectivity index (χ2n) is 3.90. The standard InChI is InChI=1S/C12H12BrClN2S/c1-8(5-14)7-17-11-2-3-15-10-4-9(13)6-16-12(10)11/h2-4,6,8H,5,7H2,1H3. The first-order chi connectivity index (χ1) is 8.20. The van der Waals surface area contributed by atoms with Crippen LogP contribution in [0.3, 0.4) is 0 Å². The van der Waals surface area contributed by atoms with Gasteiger partial charge >= 0.3 is 0 Å². The Morgan fingerprint density at radius 1 is 1.47 bits per heavy atom. The molecule has 0 aliphatic carbocycles. The molecular weight excluding hydrogens is 320 g/mol. The van der Waals surface area contributed by atoms with Gasteiger partial charge in [-0.2, -0.15) is 0 Å². The van der Waals surface area contributed by atoms with Crippen molar-refractivity contribution >= 4 is 50.3 Å². The Balaban J connectivity index is 2.28. The molecule has 2 heterocycles. The van der Waals surface area contributed by atoms with Crippen LogP contribution in [0.25, 0.3) is 11.0 Å². The number of thioether (sulfide) groups is 1. The normalized spacial score (nSPS) is 12.9. The van der Waals surface area contributed by atoms with E-state index in [1.54, 1.807) is 18.0 Å². The predicted molar refractivity (Wildman–Crippen MR) is 77.8 cm³/mol. The van der Waals surface area contributed by atoms with Crippen LogP contribution < -0.4 is 0 Å². The van der Waals surface area contributed by atoms with Crippen LogP contribution in [0.2, 0.25) is 0 Å². The summed E-state index contributed by atoms with van der Waals surface area (Å²) < 4.78 is 0.953. The molecule has 0 aliphatic heterocycles. The fourth-order valence-corrected chi connectivity index (χ4v) is 2.96. The molecule has 0 aliphatic rings. The van der Waals surface area contributed by atoms with Crippen molar-refractivity contribution in [3.8, 4) is 0 Å². The zero-order valence-corrected chi connectivity index (χ0v) is 12.5. The van der Waals surface area contributed by atoms with Gasteiger partial charge in [0.25, 0.3) is 0 Å². The van der Waals surface area contributed by atoms with Crippen molar-refractivity contribution in [2.24, 2.45) is 5.92 Å². The van der Waals surface area contributed by atoms with Crippen LogP contribution in [0.5, 0.6) is 0 Å². The van der Waals surface area contributed by atoms with E-state index in [-0.39, 0.29) is 0 Å². The Morgan fingerprint density at radius 2 is 2.29 bits per heavy atom. The molecule has 1 atom stereocenters. The first-order valence-corrected chi connectivity index (χ1v) is 7.61. The summed E-state index contributed by atoms with van der Waals surface area (Å²) in [6, 6.07) is 3.99. The predicted octanol–water partition coefficient (Wildman–Crippen LogP) is 4.36. The van der Waals surface area contributed by atoms with E-state index in [1.807, 2.05) is 18.3 Å². The van der Waals surface area contributed by atoms with Gasteiger partial charge in [-0.25, -0.2) is 0 Å². The van der Waals surface area contributed by atoms with Gasteiger partial charge < -0.3 is 0 Å². The van der Waals surface area contributed by atoms with Crippen molar-refractivity contribution in [2.45, 2.75) is 11.8 Å². The minimum absolute atomic E-state index is 0.500. The highest BCUT2D eigenvalue weighted by Gasteiger charge is 2.07. The van der Waals surface area contributed by atoms with Gasteiger partial charge in [-0.1, -0.05) is 6.92 Å². The van der Waals surface area contributed by atoms with Gasteiger partial charge in [-0.3, -0.25) is 9.97 Å². The third kappa shape index (κ3) is 3.33. The average Bonchev–Trinajstić information content (AvgIpc) is 2.35. The lowest BCUT2D eigenvalue weighted by molar-refractivity contribution is 0.759. The molecule has 1 unspecified atom stereocenters. The summed E-state index contributed by atoms with van der Waals surface area (Å²) in [5.74, 6) is 2.19. The fourth-order valence-electron chi connectivity index (χ4n) is 1.37. The van der Waals surface area contributed by atoms with Crippen LogP contribution >= 0.6 is 39.3 Å². The van der Waals surface area contributed by atoms with Crippen molar-refractivity contribution in [1.82, 2.24) is 9.97 Å². The van der Waals surface area contributed by atoms with Crippen molar-refractivity contribution < 1.29 is 0 Å². The van der Waals surface area contributed by atoms with Gasteiger partial charge in [0, 0.05) is 33.4 Å². The van der Waals surface area contributed by atoms with Gasteiger partial charge in [0.2, 0.25) is 0 Å². The highest BCUT2D eigenvalue weighted by atomic mass is 79.9. The number of aromatic nitrogens is 2. The summed E-state index contributed by atoms with van der Waals surface area (Å²) in [5, 5.41) is 0. The number of rotatable bonds is 4. The Kier molecular flexibility index (Phi) is 4.65. The Labute approximate surface area is 118 Å². The van der Waals surface area contributed by atoms with E-state index in [1.165, 1.54) is 4.90 Å². The fraction of sp³-hybridized carbons (Fsp3) is 0.333. The van der Waals surface area contributed by atoms with Crippen LogP contribution in [0.1, 0.15) is 6.92 Å². The molecule has 2 nitrogen and oxygen atoms in total. The Morgan fingerprint density at radius 3 is 3.06 bits per heavy atom. The molecule has 0 fully saturated rings. The molecule has 0 radical (unpaired) electrons. The van der Waals surface area contributed by atoms with E-state index in [9.17, 15) is 0 Å². The summed E-state index contributed by atoms with van der Waals surface area (Å²) in [5.41, 5.74) is 1.88. The van der Waals surface area contributed by atoms with Crippen LogP contribution in [0.4, 0.5) is 0 Å². The molecule has 90 valence electrons. The third-order valence-corrected chi connectivity index (χ3v) is 4.63. The van der Waals surface area contributed by atoms with Crippen LogP contribution in [-0.4, -0.2) is 21.6 Å². The summed E-state index contributed by atoms with van der Waals surface area (Å²) in [6.07, 6.45) is 3.63. The van der Waals surface area contributed by atoms with E-state index in [0.29, 0.717) is 11.8 Å². The highest BCUT2D eigenvalue weighted by molar-refractivity contribution is 9.10. The van der Waals surface area contributed by atoms with Crippen molar-refractivity contribution in [3.05, 3.63) is 29.0 Å². The summed E-state index contributed by atoms with van der Waals surface area (Å²) >= 11 is 11.0.